The summed E-state index contributed by atoms with van der Waals surface area (Å²) in [5.74, 6) is -0.0442. The van der Waals surface area contributed by atoms with Gasteiger partial charge in [0.05, 0.1) is 28.8 Å². The minimum Gasteiger partial charge on any atom is -0.376 e. The van der Waals surface area contributed by atoms with E-state index in [4.69, 9.17) is 9.72 Å². The molecule has 7 heteroatoms. The van der Waals surface area contributed by atoms with Gasteiger partial charge in [-0.1, -0.05) is 42.1 Å². The Hall–Kier alpha value is -2.64. The van der Waals surface area contributed by atoms with E-state index in [0.717, 1.165) is 25.1 Å². The van der Waals surface area contributed by atoms with Crippen LogP contribution in [0, 0.1) is 0 Å². The number of fused-ring (bicyclic) bond motifs is 1. The van der Waals surface area contributed by atoms with Crippen LogP contribution < -0.4 is 10.5 Å². The molecule has 0 bridgehead atoms. The topological polar surface area (TPSA) is 64.4 Å². The molecular formula is C23H25N3O3S. The van der Waals surface area contributed by atoms with Gasteiger partial charge in [-0.3, -0.25) is 14.2 Å². The Morgan fingerprint density at radius 1 is 1.23 bits per heavy atom. The van der Waals surface area contributed by atoms with E-state index in [9.17, 15) is 9.59 Å². The predicted molar refractivity (Wildman–Crippen MR) is 120 cm³/mol. The van der Waals surface area contributed by atoms with Crippen LogP contribution in [-0.2, 0) is 16.1 Å². The lowest BCUT2D eigenvalue weighted by molar-refractivity contribution is -0.117. The maximum absolute atomic E-state index is 13.2. The Kier molecular flexibility index (Phi) is 6.20. The summed E-state index contributed by atoms with van der Waals surface area (Å²) in [4.78, 5) is 32.6. The predicted octanol–water partition coefficient (Wildman–Crippen LogP) is 3.72. The van der Waals surface area contributed by atoms with Crippen molar-refractivity contribution in [2.45, 2.75) is 42.8 Å². The second kappa shape index (κ2) is 9.02. The van der Waals surface area contributed by atoms with Gasteiger partial charge < -0.3 is 9.64 Å². The fourth-order valence-electron chi connectivity index (χ4n) is 3.65. The highest BCUT2D eigenvalue weighted by molar-refractivity contribution is 8.00. The number of carbonyl (C=O) groups is 1. The average molecular weight is 424 g/mol. The van der Waals surface area contributed by atoms with E-state index in [1.807, 2.05) is 55.5 Å². The first kappa shape index (κ1) is 20.6. The van der Waals surface area contributed by atoms with Crippen molar-refractivity contribution in [2.75, 3.05) is 18.6 Å². The van der Waals surface area contributed by atoms with Crippen LogP contribution in [0.2, 0.25) is 0 Å². The van der Waals surface area contributed by atoms with E-state index in [-0.39, 0.29) is 17.6 Å². The Bertz CT molecular complexity index is 1090. The van der Waals surface area contributed by atoms with Gasteiger partial charge in [-0.2, -0.15) is 0 Å². The van der Waals surface area contributed by atoms with Gasteiger partial charge in [-0.05, 0) is 44.0 Å². The van der Waals surface area contributed by atoms with Gasteiger partial charge in [0, 0.05) is 19.3 Å². The summed E-state index contributed by atoms with van der Waals surface area (Å²) in [5.41, 5.74) is 1.39. The first-order valence-electron chi connectivity index (χ1n) is 10.1. The van der Waals surface area contributed by atoms with Gasteiger partial charge in [0.2, 0.25) is 5.91 Å². The summed E-state index contributed by atoms with van der Waals surface area (Å²) in [6.07, 6.45) is 1.93. The molecule has 6 nitrogen and oxygen atoms in total. The van der Waals surface area contributed by atoms with Crippen molar-refractivity contribution < 1.29 is 9.53 Å². The van der Waals surface area contributed by atoms with Crippen LogP contribution >= 0.6 is 11.8 Å². The third kappa shape index (κ3) is 4.27. The first-order valence-corrected chi connectivity index (χ1v) is 11.0. The second-order valence-electron chi connectivity index (χ2n) is 7.46. The lowest BCUT2D eigenvalue weighted by atomic mass is 10.2. The molecule has 2 aromatic carbocycles. The third-order valence-corrected chi connectivity index (χ3v) is 6.42. The van der Waals surface area contributed by atoms with Crippen molar-refractivity contribution in [2.24, 2.45) is 0 Å². The number of ether oxygens (including phenoxy) is 1. The van der Waals surface area contributed by atoms with Crippen LogP contribution in [0.15, 0.2) is 64.5 Å². The van der Waals surface area contributed by atoms with Gasteiger partial charge in [-0.25, -0.2) is 4.98 Å². The lowest BCUT2D eigenvalue weighted by Gasteiger charge is -2.22. The Labute approximate surface area is 179 Å². The van der Waals surface area contributed by atoms with E-state index >= 15 is 0 Å². The Balaban J connectivity index is 1.64. The number of rotatable bonds is 6. The summed E-state index contributed by atoms with van der Waals surface area (Å²) in [6.45, 7) is 3.03. The summed E-state index contributed by atoms with van der Waals surface area (Å²) in [6, 6.07) is 16.9. The van der Waals surface area contributed by atoms with E-state index in [2.05, 4.69) is 0 Å². The monoisotopic (exact) mass is 423 g/mol. The van der Waals surface area contributed by atoms with Gasteiger partial charge in [0.1, 0.15) is 0 Å². The maximum atomic E-state index is 13.2. The molecule has 2 heterocycles. The summed E-state index contributed by atoms with van der Waals surface area (Å²) in [5, 5.41) is 0.732. The van der Waals surface area contributed by atoms with E-state index in [0.29, 0.717) is 22.6 Å². The number of aromatic nitrogens is 2. The molecule has 1 aromatic heterocycles. The summed E-state index contributed by atoms with van der Waals surface area (Å²) in [7, 11) is 1.77. The molecule has 156 valence electrons. The number of anilines is 1. The zero-order valence-electron chi connectivity index (χ0n) is 17.2. The van der Waals surface area contributed by atoms with Gasteiger partial charge >= 0.3 is 0 Å². The number of benzene rings is 2. The molecule has 1 aliphatic rings. The highest BCUT2D eigenvalue weighted by atomic mass is 32.2. The smallest absolute Gasteiger partial charge is 0.262 e. The van der Waals surface area contributed by atoms with E-state index in [1.54, 1.807) is 22.6 Å². The molecule has 0 unspecified atom stereocenters. The van der Waals surface area contributed by atoms with Crippen molar-refractivity contribution in [1.82, 2.24) is 9.55 Å². The van der Waals surface area contributed by atoms with Gasteiger partial charge in [0.25, 0.3) is 5.56 Å². The molecule has 0 spiro atoms. The van der Waals surface area contributed by atoms with Gasteiger partial charge in [-0.15, -0.1) is 0 Å². The molecule has 3 aromatic rings. The lowest BCUT2D eigenvalue weighted by Crippen LogP contribution is -2.34. The van der Waals surface area contributed by atoms with Crippen molar-refractivity contribution in [1.29, 1.82) is 0 Å². The quantitative estimate of drug-likeness (QED) is 0.447. The molecule has 30 heavy (non-hydrogen) atoms. The van der Waals surface area contributed by atoms with Crippen molar-refractivity contribution in [3.8, 4) is 0 Å². The minimum atomic E-state index is -0.404. The standard InChI is InChI=1S/C23H25N3O3S/c1-16(21(27)25(2)17-9-4-3-5-10-17)30-23-24-20-13-7-6-12-19(20)22(28)26(23)15-18-11-8-14-29-18/h3-7,9-10,12-13,16,18H,8,11,14-15H2,1-2H3/t16-,18-/m0/s1. The fraction of sp³-hybridized carbons (Fsp3) is 0.348. The van der Waals surface area contributed by atoms with Crippen LogP contribution in [0.3, 0.4) is 0 Å². The van der Waals surface area contributed by atoms with Crippen LogP contribution in [-0.4, -0.2) is 40.5 Å². The Morgan fingerprint density at radius 2 is 1.97 bits per heavy atom. The molecule has 1 amide bonds. The van der Waals surface area contributed by atoms with Gasteiger partial charge in [0.15, 0.2) is 5.16 Å². The Morgan fingerprint density at radius 3 is 2.70 bits per heavy atom. The molecule has 1 saturated heterocycles. The van der Waals surface area contributed by atoms with Crippen molar-refractivity contribution in [3.63, 3.8) is 0 Å². The van der Waals surface area contributed by atoms with Crippen molar-refractivity contribution in [3.05, 3.63) is 65.0 Å². The highest BCUT2D eigenvalue weighted by Crippen LogP contribution is 2.26. The molecule has 0 aliphatic carbocycles. The number of hydrogen-bond donors (Lipinski definition) is 0. The molecule has 4 rings (SSSR count). The fourth-order valence-corrected chi connectivity index (χ4v) is 4.66. The first-order chi connectivity index (χ1) is 14.5. The van der Waals surface area contributed by atoms with Crippen LogP contribution in [0.1, 0.15) is 19.8 Å². The number of para-hydroxylation sites is 2. The van der Waals surface area contributed by atoms with Crippen LogP contribution in [0.25, 0.3) is 10.9 Å². The van der Waals surface area contributed by atoms with E-state index in [1.165, 1.54) is 11.8 Å². The maximum Gasteiger partial charge on any atom is 0.262 e. The number of thioether (sulfide) groups is 1. The number of nitrogens with zero attached hydrogens (tertiary/aromatic N) is 3. The normalized spacial score (nSPS) is 17.2. The molecule has 0 radical (unpaired) electrons. The SMILES string of the molecule is C[C@H](Sc1nc2ccccc2c(=O)n1C[C@@H]1CCCO1)C(=O)N(C)c1ccccc1. The second-order valence-corrected chi connectivity index (χ2v) is 8.76. The number of carbonyl (C=O) groups excluding carboxylic acids is 1. The summed E-state index contributed by atoms with van der Waals surface area (Å²) < 4.78 is 7.43. The zero-order chi connectivity index (χ0) is 21.1. The summed E-state index contributed by atoms with van der Waals surface area (Å²) >= 11 is 1.32. The molecule has 0 saturated carbocycles. The molecule has 1 aliphatic heterocycles. The molecular weight excluding hydrogens is 398 g/mol. The average Bonchev–Trinajstić information content (AvgIpc) is 3.29. The number of amides is 1. The van der Waals surface area contributed by atoms with Crippen molar-refractivity contribution >= 4 is 34.3 Å². The minimum absolute atomic E-state index is 0.00279. The molecule has 1 fully saturated rings. The van der Waals surface area contributed by atoms with Crippen LogP contribution in [0.5, 0.6) is 0 Å². The number of hydrogen-bond acceptors (Lipinski definition) is 5. The largest absolute Gasteiger partial charge is 0.376 e. The van der Waals surface area contributed by atoms with E-state index < -0.39 is 5.25 Å². The third-order valence-electron chi connectivity index (χ3n) is 5.34. The molecule has 0 N–H and O–H groups in total. The zero-order valence-corrected chi connectivity index (χ0v) is 18.0. The highest BCUT2D eigenvalue weighted by Gasteiger charge is 2.25. The van der Waals surface area contributed by atoms with Crippen LogP contribution in [0.4, 0.5) is 5.69 Å². The molecule has 2 atom stereocenters.